The molecule has 1 atom stereocenters. The van der Waals surface area contributed by atoms with Crippen LogP contribution < -0.4 is 0 Å². The summed E-state index contributed by atoms with van der Waals surface area (Å²) in [5.74, 6) is -0.303. The standard InChI is InChI=1S/C22H28N2O3S/c1-14-7-8-15(2)23(14)20-11-19(22(25)13-28(6,26)27)12-21(18(20)5)24-16(3)9-10-17(24)4/h7-12,22,25H,13H2,1-6H3. The summed E-state index contributed by atoms with van der Waals surface area (Å²) in [7, 11) is -3.31. The maximum atomic E-state index is 11.8. The Balaban J connectivity index is 2.31. The molecule has 28 heavy (non-hydrogen) atoms. The lowest BCUT2D eigenvalue weighted by molar-refractivity contribution is 0.202. The van der Waals surface area contributed by atoms with Crippen molar-refractivity contribution in [3.05, 3.63) is 70.3 Å². The lowest BCUT2D eigenvalue weighted by Gasteiger charge is -2.22. The predicted molar refractivity (Wildman–Crippen MR) is 113 cm³/mol. The maximum absolute atomic E-state index is 11.8. The van der Waals surface area contributed by atoms with Gasteiger partial charge in [0.05, 0.1) is 23.2 Å². The van der Waals surface area contributed by atoms with Crippen molar-refractivity contribution in [1.29, 1.82) is 0 Å². The molecule has 0 aliphatic rings. The second-order valence-corrected chi connectivity index (χ2v) is 9.88. The molecular weight excluding hydrogens is 372 g/mol. The molecule has 5 nitrogen and oxygen atoms in total. The highest BCUT2D eigenvalue weighted by atomic mass is 32.2. The van der Waals surface area contributed by atoms with Crippen LogP contribution in [0.15, 0.2) is 36.4 Å². The van der Waals surface area contributed by atoms with Crippen LogP contribution in [0, 0.1) is 34.6 Å². The number of rotatable bonds is 5. The molecule has 0 radical (unpaired) electrons. The zero-order chi connectivity index (χ0) is 20.8. The summed E-state index contributed by atoms with van der Waals surface area (Å²) in [5, 5.41) is 10.7. The normalized spacial score (nSPS) is 13.1. The van der Waals surface area contributed by atoms with Crippen molar-refractivity contribution in [1.82, 2.24) is 9.13 Å². The third kappa shape index (κ3) is 3.80. The quantitative estimate of drug-likeness (QED) is 0.707. The zero-order valence-corrected chi connectivity index (χ0v) is 18.1. The minimum absolute atomic E-state index is 0.303. The summed E-state index contributed by atoms with van der Waals surface area (Å²) in [6.07, 6.45) is 0.0626. The maximum Gasteiger partial charge on any atom is 0.150 e. The van der Waals surface area contributed by atoms with Gasteiger partial charge < -0.3 is 14.2 Å². The van der Waals surface area contributed by atoms with E-state index in [0.29, 0.717) is 5.56 Å². The fourth-order valence-electron chi connectivity index (χ4n) is 3.84. The first-order valence-electron chi connectivity index (χ1n) is 9.30. The molecule has 0 aliphatic heterocycles. The Bertz CT molecular complexity index is 1030. The number of aliphatic hydroxyl groups is 1. The number of benzene rings is 1. The molecule has 0 amide bonds. The molecule has 2 aromatic heterocycles. The fraction of sp³-hybridized carbons (Fsp3) is 0.364. The van der Waals surface area contributed by atoms with Gasteiger partial charge in [-0.3, -0.25) is 0 Å². The fourth-order valence-corrected chi connectivity index (χ4v) is 4.61. The first-order chi connectivity index (χ1) is 13.0. The van der Waals surface area contributed by atoms with E-state index >= 15 is 0 Å². The third-order valence-corrected chi connectivity index (χ3v) is 6.17. The number of hydrogen-bond donors (Lipinski definition) is 1. The second kappa shape index (κ2) is 7.26. The third-order valence-electron chi connectivity index (χ3n) is 5.24. The average Bonchev–Trinajstić information content (AvgIpc) is 3.08. The number of aromatic nitrogens is 2. The van der Waals surface area contributed by atoms with Gasteiger partial charge in [-0.2, -0.15) is 0 Å². The van der Waals surface area contributed by atoms with Gasteiger partial charge in [0.15, 0.2) is 0 Å². The SMILES string of the molecule is Cc1c(-n2c(C)ccc2C)cc(C(O)CS(C)(=O)=O)cc1-n1c(C)ccc1C. The van der Waals surface area contributed by atoms with Crippen molar-refractivity contribution in [3.63, 3.8) is 0 Å². The summed E-state index contributed by atoms with van der Waals surface area (Å²) < 4.78 is 27.8. The topological polar surface area (TPSA) is 64.2 Å². The summed E-state index contributed by atoms with van der Waals surface area (Å²) in [6.45, 7) is 10.2. The van der Waals surface area contributed by atoms with E-state index in [9.17, 15) is 13.5 Å². The first kappa shape index (κ1) is 20.4. The number of sulfone groups is 1. The van der Waals surface area contributed by atoms with Crippen molar-refractivity contribution in [2.45, 2.75) is 40.7 Å². The zero-order valence-electron chi connectivity index (χ0n) is 17.3. The Morgan fingerprint density at radius 2 is 1.18 bits per heavy atom. The van der Waals surface area contributed by atoms with Gasteiger partial charge in [-0.15, -0.1) is 0 Å². The van der Waals surface area contributed by atoms with Crippen LogP contribution in [0.5, 0.6) is 0 Å². The van der Waals surface area contributed by atoms with Gasteiger partial charge in [0.2, 0.25) is 0 Å². The molecule has 0 spiro atoms. The molecule has 6 heteroatoms. The average molecular weight is 401 g/mol. The monoisotopic (exact) mass is 400 g/mol. The van der Waals surface area contributed by atoms with E-state index in [0.717, 1.165) is 46.0 Å². The first-order valence-corrected chi connectivity index (χ1v) is 11.4. The Kier molecular flexibility index (Phi) is 5.30. The van der Waals surface area contributed by atoms with Crippen LogP contribution in [0.4, 0.5) is 0 Å². The van der Waals surface area contributed by atoms with Crippen LogP contribution in [0.3, 0.4) is 0 Å². The van der Waals surface area contributed by atoms with Gasteiger partial charge in [-0.1, -0.05) is 0 Å². The molecule has 2 heterocycles. The van der Waals surface area contributed by atoms with Crippen molar-refractivity contribution in [2.24, 2.45) is 0 Å². The van der Waals surface area contributed by atoms with Crippen LogP contribution >= 0.6 is 0 Å². The Hall–Kier alpha value is -2.31. The van der Waals surface area contributed by atoms with Gasteiger partial charge in [-0.25, -0.2) is 8.42 Å². The van der Waals surface area contributed by atoms with Gasteiger partial charge in [0.25, 0.3) is 0 Å². The van der Waals surface area contributed by atoms with Crippen LogP contribution in [-0.2, 0) is 9.84 Å². The number of nitrogens with zero attached hydrogens (tertiary/aromatic N) is 2. The van der Waals surface area contributed by atoms with Gasteiger partial charge >= 0.3 is 0 Å². The lowest BCUT2D eigenvalue weighted by Crippen LogP contribution is -2.15. The van der Waals surface area contributed by atoms with Crippen LogP contribution in [0.1, 0.15) is 40.0 Å². The summed E-state index contributed by atoms with van der Waals surface area (Å²) >= 11 is 0. The van der Waals surface area contributed by atoms with Crippen molar-refractivity contribution in [3.8, 4) is 11.4 Å². The Morgan fingerprint density at radius 3 is 1.50 bits per heavy atom. The number of aryl methyl sites for hydroxylation is 4. The highest BCUT2D eigenvalue weighted by molar-refractivity contribution is 7.90. The molecule has 1 unspecified atom stereocenters. The minimum atomic E-state index is -3.31. The molecule has 150 valence electrons. The Morgan fingerprint density at radius 1 is 0.821 bits per heavy atom. The van der Waals surface area contributed by atoms with E-state index in [-0.39, 0.29) is 5.75 Å². The van der Waals surface area contributed by atoms with E-state index < -0.39 is 15.9 Å². The van der Waals surface area contributed by atoms with E-state index in [4.69, 9.17) is 0 Å². The summed E-state index contributed by atoms with van der Waals surface area (Å²) in [5.41, 5.74) is 7.91. The highest BCUT2D eigenvalue weighted by Gasteiger charge is 2.20. The molecule has 0 fully saturated rings. The molecule has 1 aromatic carbocycles. The van der Waals surface area contributed by atoms with E-state index in [1.807, 2.05) is 39.8 Å². The molecule has 3 aromatic rings. The molecule has 0 aliphatic carbocycles. The van der Waals surface area contributed by atoms with Crippen molar-refractivity contribution < 1.29 is 13.5 Å². The van der Waals surface area contributed by atoms with Crippen LogP contribution in [-0.4, -0.2) is 34.7 Å². The highest BCUT2D eigenvalue weighted by Crippen LogP contribution is 2.31. The lowest BCUT2D eigenvalue weighted by atomic mass is 10.0. The molecular formula is C22H28N2O3S. The molecule has 0 bridgehead atoms. The van der Waals surface area contributed by atoms with Gasteiger partial charge in [-0.05, 0) is 82.1 Å². The smallest absolute Gasteiger partial charge is 0.150 e. The second-order valence-electron chi connectivity index (χ2n) is 7.70. The molecule has 3 rings (SSSR count). The van der Waals surface area contributed by atoms with E-state index in [2.05, 4.69) is 40.3 Å². The van der Waals surface area contributed by atoms with Gasteiger partial charge in [0.1, 0.15) is 9.84 Å². The number of hydrogen-bond acceptors (Lipinski definition) is 3. The minimum Gasteiger partial charge on any atom is -0.387 e. The molecule has 1 N–H and O–H groups in total. The van der Waals surface area contributed by atoms with Crippen LogP contribution in [0.2, 0.25) is 0 Å². The van der Waals surface area contributed by atoms with Crippen LogP contribution in [0.25, 0.3) is 11.4 Å². The van der Waals surface area contributed by atoms with E-state index in [1.165, 1.54) is 0 Å². The van der Waals surface area contributed by atoms with E-state index in [1.54, 1.807) is 0 Å². The Labute approximate surface area is 167 Å². The summed E-state index contributed by atoms with van der Waals surface area (Å²) in [6, 6.07) is 12.0. The molecule has 0 saturated heterocycles. The predicted octanol–water partition coefficient (Wildman–Crippen LogP) is 3.89. The van der Waals surface area contributed by atoms with Crippen molar-refractivity contribution in [2.75, 3.05) is 12.0 Å². The van der Waals surface area contributed by atoms with Gasteiger partial charge in [0, 0.05) is 29.0 Å². The number of aliphatic hydroxyl groups excluding tert-OH is 1. The molecule has 0 saturated carbocycles. The largest absolute Gasteiger partial charge is 0.387 e. The van der Waals surface area contributed by atoms with Crippen molar-refractivity contribution >= 4 is 9.84 Å². The summed E-state index contributed by atoms with van der Waals surface area (Å²) in [4.78, 5) is 0.